The first-order valence-electron chi connectivity index (χ1n) is 7.58. The number of nitrogens with zero attached hydrogens (tertiary/aromatic N) is 4. The fourth-order valence-electron chi connectivity index (χ4n) is 2.36. The Kier molecular flexibility index (Phi) is 4.91. The van der Waals surface area contributed by atoms with E-state index in [4.69, 9.17) is 12.2 Å². The van der Waals surface area contributed by atoms with Gasteiger partial charge in [-0.2, -0.15) is 10.2 Å². The quantitative estimate of drug-likeness (QED) is 0.658. The summed E-state index contributed by atoms with van der Waals surface area (Å²) in [5.74, 6) is 1.37. The first-order chi connectivity index (χ1) is 11.6. The Morgan fingerprint density at radius 2 is 2.29 bits per heavy atom. The predicted octanol–water partition coefficient (Wildman–Crippen LogP) is 3.48. The molecule has 9 heteroatoms. The number of aromatic amines is 1. The number of nitrogens with one attached hydrogen (secondary N) is 2. The Morgan fingerprint density at radius 3 is 3.00 bits per heavy atom. The van der Waals surface area contributed by atoms with Gasteiger partial charge in [0.2, 0.25) is 5.91 Å². The number of aromatic nitrogens is 5. The molecule has 3 rings (SSSR count). The summed E-state index contributed by atoms with van der Waals surface area (Å²) in [5.41, 5.74) is 0. The molecule has 0 atom stereocenters. The van der Waals surface area contributed by atoms with Crippen LogP contribution in [-0.4, -0.2) is 30.5 Å². The minimum Gasteiger partial charge on any atom is -0.311 e. The molecular weight excluding hydrogens is 344 g/mol. The fraction of sp³-hybridized carbons (Fsp3) is 0.333. The molecule has 126 valence electrons. The minimum absolute atomic E-state index is 0.0855. The maximum absolute atomic E-state index is 12.3. The molecule has 2 N–H and O–H groups in total. The predicted molar refractivity (Wildman–Crippen MR) is 96.6 cm³/mol. The lowest BCUT2D eigenvalue weighted by Gasteiger charge is -2.12. The van der Waals surface area contributed by atoms with Crippen LogP contribution in [0, 0.1) is 4.77 Å². The summed E-state index contributed by atoms with van der Waals surface area (Å²) in [5, 5.41) is 16.1. The summed E-state index contributed by atoms with van der Waals surface area (Å²) in [6.45, 7) is 4.49. The van der Waals surface area contributed by atoms with Crippen molar-refractivity contribution in [3.05, 3.63) is 34.5 Å². The van der Waals surface area contributed by atoms with Gasteiger partial charge in [-0.25, -0.2) is 4.68 Å². The van der Waals surface area contributed by atoms with Crippen molar-refractivity contribution in [2.45, 2.75) is 32.9 Å². The molecule has 1 amide bonds. The average Bonchev–Trinajstić information content (AvgIpc) is 3.25. The second-order valence-corrected chi connectivity index (χ2v) is 6.87. The van der Waals surface area contributed by atoms with Crippen molar-refractivity contribution in [2.75, 3.05) is 5.32 Å². The highest BCUT2D eigenvalue weighted by Gasteiger charge is 2.13. The van der Waals surface area contributed by atoms with E-state index in [-0.39, 0.29) is 11.9 Å². The van der Waals surface area contributed by atoms with Crippen LogP contribution >= 0.6 is 23.6 Å². The number of rotatable bonds is 6. The van der Waals surface area contributed by atoms with E-state index in [1.165, 1.54) is 0 Å². The van der Waals surface area contributed by atoms with Crippen LogP contribution in [0.4, 0.5) is 5.82 Å². The van der Waals surface area contributed by atoms with Gasteiger partial charge in [0.1, 0.15) is 5.82 Å². The van der Waals surface area contributed by atoms with E-state index < -0.39 is 0 Å². The monoisotopic (exact) mass is 362 g/mol. The number of carbonyl (C=O) groups excluding carboxylic acids is 1. The van der Waals surface area contributed by atoms with Gasteiger partial charge >= 0.3 is 0 Å². The number of anilines is 1. The van der Waals surface area contributed by atoms with Crippen LogP contribution in [0.5, 0.6) is 0 Å². The molecular formula is C15H18N6OS2. The molecule has 0 aliphatic carbocycles. The number of carbonyl (C=O) groups is 1. The molecule has 0 aliphatic rings. The smallest absolute Gasteiger partial charge is 0.227 e. The molecule has 0 aliphatic heterocycles. The van der Waals surface area contributed by atoms with Crippen LogP contribution in [0.25, 0.3) is 10.7 Å². The van der Waals surface area contributed by atoms with Gasteiger partial charge in [-0.1, -0.05) is 6.07 Å². The van der Waals surface area contributed by atoms with Crippen LogP contribution in [0.1, 0.15) is 26.3 Å². The summed E-state index contributed by atoms with van der Waals surface area (Å²) < 4.78 is 4.14. The highest BCUT2D eigenvalue weighted by Crippen LogP contribution is 2.23. The Morgan fingerprint density at radius 1 is 1.46 bits per heavy atom. The van der Waals surface area contributed by atoms with Gasteiger partial charge in [-0.3, -0.25) is 14.5 Å². The van der Waals surface area contributed by atoms with Gasteiger partial charge in [0.25, 0.3) is 0 Å². The van der Waals surface area contributed by atoms with Crippen molar-refractivity contribution >= 4 is 35.3 Å². The SMILES string of the molecule is CC(C)n1nccc1NC(=O)CCn1c(-c2cccs2)n[nH]c1=S. The third kappa shape index (κ3) is 3.46. The van der Waals surface area contributed by atoms with Crippen molar-refractivity contribution in [3.8, 4) is 10.7 Å². The first kappa shape index (κ1) is 16.6. The van der Waals surface area contributed by atoms with Crippen LogP contribution in [0.3, 0.4) is 0 Å². The molecule has 0 aromatic carbocycles. The lowest BCUT2D eigenvalue weighted by Crippen LogP contribution is -2.18. The third-order valence-electron chi connectivity index (χ3n) is 3.49. The molecule has 0 fully saturated rings. The van der Waals surface area contributed by atoms with Gasteiger partial charge in [-0.15, -0.1) is 11.3 Å². The second kappa shape index (κ2) is 7.10. The lowest BCUT2D eigenvalue weighted by molar-refractivity contribution is -0.116. The van der Waals surface area contributed by atoms with Crippen LogP contribution in [0.15, 0.2) is 29.8 Å². The molecule has 3 heterocycles. The van der Waals surface area contributed by atoms with Crippen molar-refractivity contribution in [1.82, 2.24) is 24.5 Å². The molecule has 0 radical (unpaired) electrons. The number of H-pyrrole nitrogens is 1. The minimum atomic E-state index is -0.0855. The van der Waals surface area contributed by atoms with Gasteiger partial charge in [0.05, 0.1) is 11.1 Å². The van der Waals surface area contributed by atoms with Gasteiger partial charge in [-0.05, 0) is 37.5 Å². The van der Waals surface area contributed by atoms with Gasteiger partial charge in [0.15, 0.2) is 10.6 Å². The van der Waals surface area contributed by atoms with E-state index in [9.17, 15) is 4.79 Å². The fourth-order valence-corrected chi connectivity index (χ4v) is 3.31. The molecule has 0 saturated heterocycles. The molecule has 3 aromatic rings. The lowest BCUT2D eigenvalue weighted by atomic mass is 10.3. The van der Waals surface area contributed by atoms with Crippen LogP contribution in [-0.2, 0) is 11.3 Å². The zero-order valence-electron chi connectivity index (χ0n) is 13.4. The Hall–Kier alpha value is -2.26. The molecule has 3 aromatic heterocycles. The zero-order chi connectivity index (χ0) is 17.1. The van der Waals surface area contributed by atoms with Gasteiger partial charge in [0, 0.05) is 25.1 Å². The van der Waals surface area contributed by atoms with E-state index in [1.54, 1.807) is 28.3 Å². The topological polar surface area (TPSA) is 80.5 Å². The van der Waals surface area contributed by atoms with Crippen LogP contribution < -0.4 is 5.32 Å². The van der Waals surface area contributed by atoms with Crippen molar-refractivity contribution in [3.63, 3.8) is 0 Å². The molecule has 0 unspecified atom stereocenters. The van der Waals surface area contributed by atoms with Gasteiger partial charge < -0.3 is 5.32 Å². The Balaban J connectivity index is 1.68. The molecule has 0 bridgehead atoms. The average molecular weight is 362 g/mol. The standard InChI is InChI=1S/C15H18N6OS2/c1-10(2)21-12(5-7-16-21)17-13(22)6-8-20-14(18-19-15(20)23)11-4-3-9-24-11/h3-5,7,9-10H,6,8H2,1-2H3,(H,17,22)(H,19,23). The highest BCUT2D eigenvalue weighted by molar-refractivity contribution is 7.71. The summed E-state index contributed by atoms with van der Waals surface area (Å²) in [6.07, 6.45) is 1.98. The Labute approximate surface area is 148 Å². The summed E-state index contributed by atoms with van der Waals surface area (Å²) in [4.78, 5) is 13.3. The van der Waals surface area contributed by atoms with Crippen LogP contribution in [0.2, 0.25) is 0 Å². The number of amides is 1. The molecule has 24 heavy (non-hydrogen) atoms. The maximum atomic E-state index is 12.3. The van der Waals surface area contributed by atoms with E-state index in [0.29, 0.717) is 23.6 Å². The zero-order valence-corrected chi connectivity index (χ0v) is 15.0. The molecule has 0 spiro atoms. The maximum Gasteiger partial charge on any atom is 0.227 e. The van der Waals surface area contributed by atoms with E-state index >= 15 is 0 Å². The second-order valence-electron chi connectivity index (χ2n) is 5.53. The molecule has 7 nitrogen and oxygen atoms in total. The van der Waals surface area contributed by atoms with Crippen molar-refractivity contribution in [2.24, 2.45) is 0 Å². The number of hydrogen-bond donors (Lipinski definition) is 2. The first-order valence-corrected chi connectivity index (χ1v) is 8.87. The summed E-state index contributed by atoms with van der Waals surface area (Å²) in [7, 11) is 0. The number of thiophene rings is 1. The normalized spacial score (nSPS) is 11.1. The summed E-state index contributed by atoms with van der Waals surface area (Å²) >= 11 is 6.86. The summed E-state index contributed by atoms with van der Waals surface area (Å²) in [6, 6.07) is 5.91. The Bertz CT molecular complexity index is 874. The number of hydrogen-bond acceptors (Lipinski definition) is 5. The van der Waals surface area contributed by atoms with E-state index in [2.05, 4.69) is 20.6 Å². The largest absolute Gasteiger partial charge is 0.311 e. The highest BCUT2D eigenvalue weighted by atomic mass is 32.1. The third-order valence-corrected chi connectivity index (χ3v) is 4.67. The van der Waals surface area contributed by atoms with E-state index in [0.717, 1.165) is 10.7 Å². The van der Waals surface area contributed by atoms with Crippen molar-refractivity contribution in [1.29, 1.82) is 0 Å². The molecule has 0 saturated carbocycles. The van der Waals surface area contributed by atoms with Crippen molar-refractivity contribution < 1.29 is 4.79 Å². The van der Waals surface area contributed by atoms with E-state index in [1.807, 2.05) is 35.9 Å².